The molecule has 32 heavy (non-hydrogen) atoms. The molecule has 0 aliphatic carbocycles. The number of fused-ring (bicyclic) bond motifs is 2. The Kier molecular flexibility index (Phi) is 6.02. The largest absolute Gasteiger partial charge is 0.486 e. The summed E-state index contributed by atoms with van der Waals surface area (Å²) < 4.78 is 42.3. The number of benzene rings is 2. The van der Waals surface area contributed by atoms with E-state index in [4.69, 9.17) is 14.2 Å². The number of hydrogen-bond acceptors (Lipinski definition) is 8. The third kappa shape index (κ3) is 4.26. The predicted octanol–water partition coefficient (Wildman–Crippen LogP) is 2.18. The third-order valence-electron chi connectivity index (χ3n) is 4.90. The number of methoxy groups -OCH3 is 1. The van der Waals surface area contributed by atoms with Crippen molar-refractivity contribution in [2.24, 2.45) is 4.99 Å². The SMILES string of the molecule is CCS(=O)(=O)c1ccc(C(=O)N=c2sc3cc4c(cc3n2CC(=O)OC)OCCO4)cc1. The van der Waals surface area contributed by atoms with Gasteiger partial charge in [-0.25, -0.2) is 8.42 Å². The van der Waals surface area contributed by atoms with Gasteiger partial charge in [-0.15, -0.1) is 0 Å². The van der Waals surface area contributed by atoms with Gasteiger partial charge in [-0.05, 0) is 24.3 Å². The van der Waals surface area contributed by atoms with Gasteiger partial charge in [0.2, 0.25) is 0 Å². The predicted molar refractivity (Wildman–Crippen MR) is 117 cm³/mol. The lowest BCUT2D eigenvalue weighted by Gasteiger charge is -2.18. The van der Waals surface area contributed by atoms with E-state index in [-0.39, 0.29) is 22.8 Å². The molecule has 3 aromatic rings. The van der Waals surface area contributed by atoms with Gasteiger partial charge in [0, 0.05) is 17.7 Å². The first kappa shape index (κ1) is 22.0. The molecule has 0 spiro atoms. The summed E-state index contributed by atoms with van der Waals surface area (Å²) in [5, 5.41) is 0. The van der Waals surface area contributed by atoms with Gasteiger partial charge in [0.15, 0.2) is 26.1 Å². The molecule has 0 radical (unpaired) electrons. The lowest BCUT2D eigenvalue weighted by Crippen LogP contribution is -2.22. The van der Waals surface area contributed by atoms with Crippen molar-refractivity contribution >= 4 is 43.3 Å². The van der Waals surface area contributed by atoms with Crippen LogP contribution >= 0.6 is 11.3 Å². The number of sulfone groups is 1. The molecule has 1 aliphatic rings. The molecule has 0 saturated carbocycles. The number of esters is 1. The Morgan fingerprint density at radius 3 is 2.41 bits per heavy atom. The van der Waals surface area contributed by atoms with E-state index in [1.165, 1.54) is 42.7 Å². The lowest BCUT2D eigenvalue weighted by molar-refractivity contribution is -0.141. The molecule has 0 bridgehead atoms. The summed E-state index contributed by atoms with van der Waals surface area (Å²) in [4.78, 5) is 29.4. The maximum Gasteiger partial charge on any atom is 0.325 e. The number of nitrogens with zero attached hydrogens (tertiary/aromatic N) is 2. The van der Waals surface area contributed by atoms with Crippen molar-refractivity contribution in [1.29, 1.82) is 0 Å². The second-order valence-electron chi connectivity index (χ2n) is 6.86. The molecule has 0 atom stereocenters. The van der Waals surface area contributed by atoms with Crippen LogP contribution in [0.1, 0.15) is 17.3 Å². The molecule has 0 N–H and O–H groups in total. The smallest absolute Gasteiger partial charge is 0.325 e. The van der Waals surface area contributed by atoms with Crippen LogP contribution < -0.4 is 14.3 Å². The highest BCUT2D eigenvalue weighted by Gasteiger charge is 2.19. The molecule has 4 rings (SSSR count). The van der Waals surface area contributed by atoms with Crippen molar-refractivity contribution in [3.8, 4) is 11.5 Å². The number of ether oxygens (including phenoxy) is 3. The first-order valence-corrected chi connectivity index (χ1v) is 12.2. The molecule has 0 unspecified atom stereocenters. The topological polar surface area (TPSA) is 113 Å². The second kappa shape index (κ2) is 8.75. The van der Waals surface area contributed by atoms with Gasteiger partial charge < -0.3 is 18.8 Å². The maximum atomic E-state index is 12.8. The molecular formula is C21H20N2O7S2. The average molecular weight is 477 g/mol. The van der Waals surface area contributed by atoms with E-state index in [2.05, 4.69) is 4.99 Å². The maximum absolute atomic E-state index is 12.8. The summed E-state index contributed by atoms with van der Waals surface area (Å²) in [6.45, 7) is 2.26. The number of rotatable bonds is 5. The molecule has 168 valence electrons. The summed E-state index contributed by atoms with van der Waals surface area (Å²) in [6, 6.07) is 9.16. The highest BCUT2D eigenvalue weighted by molar-refractivity contribution is 7.91. The van der Waals surface area contributed by atoms with Crippen LogP contribution in [0.5, 0.6) is 11.5 Å². The summed E-state index contributed by atoms with van der Waals surface area (Å²) in [5.74, 6) is 0.0410. The van der Waals surface area contributed by atoms with E-state index < -0.39 is 21.7 Å². The molecule has 0 saturated heterocycles. The minimum atomic E-state index is -3.37. The first-order valence-electron chi connectivity index (χ1n) is 9.74. The monoisotopic (exact) mass is 476 g/mol. The quantitative estimate of drug-likeness (QED) is 0.519. The molecule has 1 aliphatic heterocycles. The van der Waals surface area contributed by atoms with E-state index in [1.807, 2.05) is 0 Å². The van der Waals surface area contributed by atoms with Crippen LogP contribution in [-0.2, 0) is 25.9 Å². The Hall–Kier alpha value is -3.18. The van der Waals surface area contributed by atoms with Crippen molar-refractivity contribution in [2.45, 2.75) is 18.4 Å². The molecule has 2 heterocycles. The molecule has 2 aromatic carbocycles. The minimum absolute atomic E-state index is 0.0304. The van der Waals surface area contributed by atoms with Crippen molar-refractivity contribution < 1.29 is 32.2 Å². The van der Waals surface area contributed by atoms with Crippen molar-refractivity contribution in [3.05, 3.63) is 46.8 Å². The van der Waals surface area contributed by atoms with Crippen LogP contribution in [0.15, 0.2) is 46.3 Å². The molecule has 9 nitrogen and oxygen atoms in total. The Labute approximate surface area is 187 Å². The van der Waals surface area contributed by atoms with Crippen LogP contribution in [0.25, 0.3) is 10.2 Å². The van der Waals surface area contributed by atoms with E-state index in [0.717, 1.165) is 4.70 Å². The fraction of sp³-hybridized carbons (Fsp3) is 0.286. The van der Waals surface area contributed by atoms with Crippen LogP contribution in [0, 0.1) is 0 Å². The van der Waals surface area contributed by atoms with Crippen molar-refractivity contribution in [1.82, 2.24) is 4.57 Å². The Balaban J connectivity index is 1.78. The summed E-state index contributed by atoms with van der Waals surface area (Å²) in [7, 11) is -2.09. The number of carbonyl (C=O) groups is 2. The number of aromatic nitrogens is 1. The average Bonchev–Trinajstić information content (AvgIpc) is 3.12. The summed E-state index contributed by atoms with van der Waals surface area (Å²) in [5.41, 5.74) is 0.883. The van der Waals surface area contributed by atoms with Crippen molar-refractivity contribution in [2.75, 3.05) is 26.1 Å². The Morgan fingerprint density at radius 1 is 1.12 bits per heavy atom. The highest BCUT2D eigenvalue weighted by Crippen LogP contribution is 2.35. The summed E-state index contributed by atoms with van der Waals surface area (Å²) >= 11 is 1.22. The standard InChI is InChI=1S/C21H20N2O7S2/c1-3-32(26,27)14-6-4-13(5-7-14)20(25)22-21-23(12-19(24)28-2)15-10-16-17(11-18(15)31-21)30-9-8-29-16/h4-7,10-11H,3,8-9,12H2,1-2H3. The van der Waals surface area contributed by atoms with Gasteiger partial charge in [-0.2, -0.15) is 4.99 Å². The summed E-state index contributed by atoms with van der Waals surface area (Å²) in [6.07, 6.45) is 0. The van der Waals surface area contributed by atoms with Gasteiger partial charge in [0.1, 0.15) is 19.8 Å². The zero-order valence-corrected chi connectivity index (χ0v) is 19.0. The zero-order valence-electron chi connectivity index (χ0n) is 17.4. The van der Waals surface area contributed by atoms with Gasteiger partial charge in [0.05, 0.1) is 28.0 Å². The number of carbonyl (C=O) groups excluding carboxylic acids is 2. The van der Waals surface area contributed by atoms with Crippen LogP contribution in [0.2, 0.25) is 0 Å². The Bertz CT molecular complexity index is 1370. The Morgan fingerprint density at radius 2 is 1.78 bits per heavy atom. The first-order chi connectivity index (χ1) is 15.3. The molecule has 1 aromatic heterocycles. The van der Waals surface area contributed by atoms with Gasteiger partial charge in [-0.1, -0.05) is 18.3 Å². The molecular weight excluding hydrogens is 456 g/mol. The van der Waals surface area contributed by atoms with Crippen molar-refractivity contribution in [3.63, 3.8) is 0 Å². The van der Waals surface area contributed by atoms with Crippen LogP contribution in [-0.4, -0.2) is 50.9 Å². The molecule has 0 fully saturated rings. The van der Waals surface area contributed by atoms with E-state index in [0.29, 0.717) is 35.0 Å². The van der Waals surface area contributed by atoms with Gasteiger partial charge in [-0.3, -0.25) is 9.59 Å². The van der Waals surface area contributed by atoms with E-state index >= 15 is 0 Å². The third-order valence-corrected chi connectivity index (χ3v) is 7.69. The minimum Gasteiger partial charge on any atom is -0.486 e. The number of amides is 1. The van der Waals surface area contributed by atoms with Gasteiger partial charge >= 0.3 is 5.97 Å². The van der Waals surface area contributed by atoms with Gasteiger partial charge in [0.25, 0.3) is 5.91 Å². The fourth-order valence-electron chi connectivity index (χ4n) is 3.16. The second-order valence-corrected chi connectivity index (χ2v) is 10.1. The lowest BCUT2D eigenvalue weighted by atomic mass is 10.2. The highest BCUT2D eigenvalue weighted by atomic mass is 32.2. The number of hydrogen-bond donors (Lipinski definition) is 0. The normalized spacial score (nSPS) is 13.9. The fourth-order valence-corrected chi connectivity index (χ4v) is 5.08. The zero-order chi connectivity index (χ0) is 22.9. The number of thiazole rings is 1. The molecule has 1 amide bonds. The molecule has 11 heteroatoms. The van der Waals surface area contributed by atoms with Crippen LogP contribution in [0.3, 0.4) is 0 Å². The van der Waals surface area contributed by atoms with E-state index in [1.54, 1.807) is 23.6 Å². The van der Waals surface area contributed by atoms with Crippen LogP contribution in [0.4, 0.5) is 0 Å². The van der Waals surface area contributed by atoms with E-state index in [9.17, 15) is 18.0 Å².